The molecule has 1 aliphatic rings. The second-order valence-electron chi connectivity index (χ2n) is 5.92. The van der Waals surface area contributed by atoms with Crippen molar-refractivity contribution in [3.8, 4) is 16.8 Å². The molecule has 1 aliphatic heterocycles. The molecule has 3 N–H and O–H groups in total. The van der Waals surface area contributed by atoms with Crippen molar-refractivity contribution in [3.63, 3.8) is 0 Å². The van der Waals surface area contributed by atoms with E-state index in [0.29, 0.717) is 11.4 Å². The molecule has 3 heterocycles. The number of aliphatic hydroxyl groups excluding tert-OH is 1. The molecule has 0 saturated heterocycles. The summed E-state index contributed by atoms with van der Waals surface area (Å²) in [6.45, 7) is 1.44. The summed E-state index contributed by atoms with van der Waals surface area (Å²) in [5.74, 6) is 1.07. The van der Waals surface area contributed by atoms with Crippen LogP contribution in [-0.2, 0) is 4.79 Å². The van der Waals surface area contributed by atoms with Crippen molar-refractivity contribution in [1.29, 1.82) is 0 Å². The normalized spacial score (nSPS) is 15.2. The van der Waals surface area contributed by atoms with E-state index in [2.05, 4.69) is 20.6 Å². The molecule has 2 aromatic heterocycles. The smallest absolute Gasteiger partial charge is 0.222 e. The number of fused-ring (bicyclic) bond motifs is 1. The van der Waals surface area contributed by atoms with Crippen LogP contribution in [-0.4, -0.2) is 26.9 Å². The Morgan fingerprint density at radius 1 is 1.23 bits per heavy atom. The van der Waals surface area contributed by atoms with Gasteiger partial charge >= 0.3 is 0 Å². The lowest BCUT2D eigenvalue weighted by Crippen LogP contribution is -2.12. The number of pyridine rings is 1. The predicted octanol–water partition coefficient (Wildman–Crippen LogP) is 2.94. The Balaban J connectivity index is 1.82. The number of benzene rings is 1. The number of aliphatic hydroxyl groups is 1. The number of amides is 1. The van der Waals surface area contributed by atoms with E-state index in [9.17, 15) is 9.90 Å². The molecule has 0 spiro atoms. The van der Waals surface area contributed by atoms with Gasteiger partial charge in [0.15, 0.2) is 6.23 Å². The number of anilines is 2. The number of aliphatic imine (C=N–C) groups is 1. The Morgan fingerprint density at radius 2 is 2.04 bits per heavy atom. The van der Waals surface area contributed by atoms with Gasteiger partial charge in [-0.05, 0) is 24.3 Å². The number of aromatic nitrogens is 2. The molecule has 0 bridgehead atoms. The summed E-state index contributed by atoms with van der Waals surface area (Å²) >= 11 is 0. The van der Waals surface area contributed by atoms with Gasteiger partial charge in [-0.1, -0.05) is 18.2 Å². The first-order chi connectivity index (χ1) is 12.6. The van der Waals surface area contributed by atoms with Crippen LogP contribution in [0, 0.1) is 0 Å². The Bertz CT molecular complexity index is 977. The molecule has 0 aliphatic carbocycles. The Morgan fingerprint density at radius 3 is 2.73 bits per heavy atom. The fourth-order valence-electron chi connectivity index (χ4n) is 3.00. The molecular weight excluding hydrogens is 330 g/mol. The third-order valence-electron chi connectivity index (χ3n) is 4.13. The number of carbonyl (C=O) groups excluding carboxylic acids is 1. The van der Waals surface area contributed by atoms with Gasteiger partial charge in [-0.15, -0.1) is 0 Å². The van der Waals surface area contributed by atoms with Crippen LogP contribution >= 0.6 is 0 Å². The van der Waals surface area contributed by atoms with Crippen LogP contribution in [0.3, 0.4) is 0 Å². The maximum absolute atomic E-state index is 11.2. The summed E-state index contributed by atoms with van der Waals surface area (Å²) in [4.78, 5) is 19.5. The van der Waals surface area contributed by atoms with Gasteiger partial charge in [0, 0.05) is 36.1 Å². The first-order valence-corrected chi connectivity index (χ1v) is 8.14. The molecule has 1 unspecified atom stereocenters. The third-order valence-corrected chi connectivity index (χ3v) is 4.13. The summed E-state index contributed by atoms with van der Waals surface area (Å²) in [7, 11) is 0. The van der Waals surface area contributed by atoms with E-state index < -0.39 is 6.23 Å². The van der Waals surface area contributed by atoms with Gasteiger partial charge in [-0.25, -0.2) is 9.98 Å². The molecular formula is C19H17N5O2. The van der Waals surface area contributed by atoms with Gasteiger partial charge in [-0.2, -0.15) is 0 Å². The van der Waals surface area contributed by atoms with Crippen LogP contribution in [0.25, 0.3) is 16.8 Å². The van der Waals surface area contributed by atoms with Crippen molar-refractivity contribution in [1.82, 2.24) is 9.55 Å². The average Bonchev–Trinajstić information content (AvgIpc) is 3.04. The van der Waals surface area contributed by atoms with Crippen molar-refractivity contribution in [3.05, 3.63) is 60.4 Å². The maximum Gasteiger partial charge on any atom is 0.222 e. The van der Waals surface area contributed by atoms with E-state index in [1.54, 1.807) is 12.3 Å². The van der Waals surface area contributed by atoms with E-state index in [-0.39, 0.29) is 5.91 Å². The molecule has 3 aromatic rings. The number of nitrogens with one attached hydrogen (secondary N) is 2. The van der Waals surface area contributed by atoms with Gasteiger partial charge in [-0.3, -0.25) is 4.79 Å². The second kappa shape index (κ2) is 6.45. The average molecular weight is 347 g/mol. The zero-order valence-electron chi connectivity index (χ0n) is 14.0. The minimum Gasteiger partial charge on any atom is -0.368 e. The van der Waals surface area contributed by atoms with Gasteiger partial charge < -0.3 is 20.3 Å². The minimum absolute atomic E-state index is 0.174. The molecule has 1 amide bonds. The summed E-state index contributed by atoms with van der Waals surface area (Å²) in [5.41, 5.74) is 3.30. The number of hydrogen-bond donors (Lipinski definition) is 3. The molecule has 130 valence electrons. The lowest BCUT2D eigenvalue weighted by atomic mass is 10.0. The number of rotatable bonds is 3. The topological polar surface area (TPSA) is 91.5 Å². The summed E-state index contributed by atoms with van der Waals surface area (Å²) < 4.78 is 1.97. The SMILES string of the molecule is CC(=O)Nc1ccc(-c2cn(-c3ccccc3)c3c2C(O)N=CN3)cn1. The molecule has 0 fully saturated rings. The lowest BCUT2D eigenvalue weighted by Gasteiger charge is -2.17. The largest absolute Gasteiger partial charge is 0.368 e. The Hall–Kier alpha value is -3.45. The standard InChI is InChI=1S/C19H17N5O2/c1-12(25)23-16-8-7-13(9-20-16)15-10-24(14-5-3-2-4-6-14)18-17(15)19(26)22-11-21-18/h2-11,19,26H,1H3,(H,21,22)(H,20,23,25). The maximum atomic E-state index is 11.2. The van der Waals surface area contributed by atoms with Crippen LogP contribution in [0.4, 0.5) is 11.6 Å². The number of nitrogens with zero attached hydrogens (tertiary/aromatic N) is 3. The highest BCUT2D eigenvalue weighted by molar-refractivity contribution is 5.88. The van der Waals surface area contributed by atoms with Gasteiger partial charge in [0.25, 0.3) is 0 Å². The number of carbonyl (C=O) groups is 1. The van der Waals surface area contributed by atoms with Crippen LogP contribution in [0.5, 0.6) is 0 Å². The van der Waals surface area contributed by atoms with E-state index in [1.807, 2.05) is 47.2 Å². The predicted molar refractivity (Wildman–Crippen MR) is 100 cm³/mol. The van der Waals surface area contributed by atoms with Crippen molar-refractivity contribution < 1.29 is 9.90 Å². The monoisotopic (exact) mass is 347 g/mol. The molecule has 26 heavy (non-hydrogen) atoms. The van der Waals surface area contributed by atoms with Crippen LogP contribution in [0.1, 0.15) is 18.7 Å². The van der Waals surface area contributed by atoms with E-state index in [0.717, 1.165) is 22.6 Å². The molecule has 4 rings (SSSR count). The molecule has 0 saturated carbocycles. The highest BCUT2D eigenvalue weighted by Crippen LogP contribution is 2.39. The van der Waals surface area contributed by atoms with Crippen molar-refractivity contribution in [2.75, 3.05) is 10.6 Å². The second-order valence-corrected chi connectivity index (χ2v) is 5.92. The van der Waals surface area contributed by atoms with Crippen LogP contribution in [0.2, 0.25) is 0 Å². The van der Waals surface area contributed by atoms with E-state index >= 15 is 0 Å². The van der Waals surface area contributed by atoms with E-state index in [4.69, 9.17) is 0 Å². The number of hydrogen-bond acceptors (Lipinski definition) is 5. The molecule has 1 atom stereocenters. The molecule has 7 heteroatoms. The quantitative estimate of drug-likeness (QED) is 0.679. The van der Waals surface area contributed by atoms with Gasteiger partial charge in [0.1, 0.15) is 11.6 Å². The highest BCUT2D eigenvalue weighted by atomic mass is 16.3. The van der Waals surface area contributed by atoms with Crippen LogP contribution < -0.4 is 10.6 Å². The fourth-order valence-corrected chi connectivity index (χ4v) is 3.00. The first-order valence-electron chi connectivity index (χ1n) is 8.14. The summed E-state index contributed by atoms with van der Waals surface area (Å²) in [6.07, 6.45) is 4.15. The minimum atomic E-state index is -0.957. The highest BCUT2D eigenvalue weighted by Gasteiger charge is 2.25. The van der Waals surface area contributed by atoms with Crippen molar-refractivity contribution in [2.24, 2.45) is 4.99 Å². The number of para-hydroxylation sites is 1. The van der Waals surface area contributed by atoms with Crippen molar-refractivity contribution in [2.45, 2.75) is 13.2 Å². The van der Waals surface area contributed by atoms with Gasteiger partial charge in [0.05, 0.1) is 11.9 Å². The first kappa shape index (κ1) is 16.0. The lowest BCUT2D eigenvalue weighted by molar-refractivity contribution is -0.114. The van der Waals surface area contributed by atoms with Gasteiger partial charge in [0.2, 0.25) is 5.91 Å². The zero-order chi connectivity index (χ0) is 18.1. The molecule has 1 aromatic carbocycles. The van der Waals surface area contributed by atoms with Crippen LogP contribution in [0.15, 0.2) is 59.9 Å². The Kier molecular flexibility index (Phi) is 3.98. The fraction of sp³-hybridized carbons (Fsp3) is 0.105. The summed E-state index contributed by atoms with van der Waals surface area (Å²) in [6, 6.07) is 13.4. The third kappa shape index (κ3) is 2.84. The zero-order valence-corrected chi connectivity index (χ0v) is 14.0. The summed E-state index contributed by atoms with van der Waals surface area (Å²) in [5, 5.41) is 16.2. The van der Waals surface area contributed by atoms with E-state index in [1.165, 1.54) is 13.3 Å². The molecule has 7 nitrogen and oxygen atoms in total. The van der Waals surface area contributed by atoms with Crippen molar-refractivity contribution >= 4 is 23.9 Å². The molecule has 0 radical (unpaired) electrons. The Labute approximate surface area is 150 Å².